The molecule has 1 aromatic heterocycles. The molecule has 1 aromatic rings. The van der Waals surface area contributed by atoms with Crippen molar-refractivity contribution in [3.63, 3.8) is 0 Å². The lowest BCUT2D eigenvalue weighted by Gasteiger charge is -2.14. The molecule has 2 heterocycles. The maximum absolute atomic E-state index is 11.8. The number of ether oxygens (including phenoxy) is 1. The number of guanidine groups is 1. The minimum absolute atomic E-state index is 0. The molecule has 1 aliphatic rings. The largest absolute Gasteiger partial charge is 0.467 e. The predicted molar refractivity (Wildman–Crippen MR) is 98.9 cm³/mol. The number of nitrogens with zero attached hydrogens (tertiary/aromatic N) is 1. The van der Waals surface area contributed by atoms with Crippen LogP contribution in [0.1, 0.15) is 25.5 Å². The minimum atomic E-state index is -0.147. The van der Waals surface area contributed by atoms with Crippen molar-refractivity contribution in [1.29, 1.82) is 0 Å². The van der Waals surface area contributed by atoms with Gasteiger partial charge in [0.05, 0.1) is 18.9 Å². The van der Waals surface area contributed by atoms with Crippen LogP contribution in [0, 0.1) is 0 Å². The van der Waals surface area contributed by atoms with Crippen molar-refractivity contribution in [1.82, 2.24) is 16.0 Å². The molecule has 8 heteroatoms. The van der Waals surface area contributed by atoms with Crippen LogP contribution in [0.5, 0.6) is 0 Å². The molecule has 1 unspecified atom stereocenters. The Morgan fingerprint density at radius 1 is 1.39 bits per heavy atom. The van der Waals surface area contributed by atoms with Crippen LogP contribution >= 0.6 is 24.0 Å². The molecule has 0 aliphatic carbocycles. The van der Waals surface area contributed by atoms with Gasteiger partial charge in [-0.25, -0.2) is 4.99 Å². The normalized spacial score (nSPS) is 17.4. The van der Waals surface area contributed by atoms with Crippen LogP contribution in [-0.4, -0.2) is 44.2 Å². The highest BCUT2D eigenvalue weighted by molar-refractivity contribution is 14.0. The Morgan fingerprint density at radius 3 is 2.91 bits per heavy atom. The molecule has 2 rings (SSSR count). The minimum Gasteiger partial charge on any atom is -0.467 e. The third kappa shape index (κ3) is 7.69. The van der Waals surface area contributed by atoms with Crippen LogP contribution < -0.4 is 16.0 Å². The quantitative estimate of drug-likeness (QED) is 0.340. The van der Waals surface area contributed by atoms with E-state index in [9.17, 15) is 4.79 Å². The summed E-state index contributed by atoms with van der Waals surface area (Å²) in [6, 6.07) is 3.61. The van der Waals surface area contributed by atoms with Crippen LogP contribution in [0.3, 0.4) is 0 Å². The summed E-state index contributed by atoms with van der Waals surface area (Å²) in [5, 5.41) is 9.08. The first kappa shape index (κ1) is 19.8. The SMILES string of the molecule is CCNC(=NCC(=O)NCc1ccco1)NCC1CCCO1.I. The van der Waals surface area contributed by atoms with Crippen LogP contribution in [0.4, 0.5) is 0 Å². The van der Waals surface area contributed by atoms with E-state index in [1.807, 2.05) is 13.0 Å². The smallest absolute Gasteiger partial charge is 0.242 e. The van der Waals surface area contributed by atoms with E-state index in [1.165, 1.54) is 0 Å². The summed E-state index contributed by atoms with van der Waals surface area (Å²) in [5.74, 6) is 1.21. The molecular weight excluding hydrogens is 411 g/mol. The molecule has 0 spiro atoms. The van der Waals surface area contributed by atoms with Crippen LogP contribution in [0.15, 0.2) is 27.8 Å². The molecule has 3 N–H and O–H groups in total. The van der Waals surface area contributed by atoms with Crippen molar-refractivity contribution >= 4 is 35.8 Å². The summed E-state index contributed by atoms with van der Waals surface area (Å²) in [6.45, 7) is 4.71. The van der Waals surface area contributed by atoms with Gasteiger partial charge >= 0.3 is 0 Å². The van der Waals surface area contributed by atoms with Crippen molar-refractivity contribution in [3.05, 3.63) is 24.2 Å². The fourth-order valence-corrected chi connectivity index (χ4v) is 2.16. The van der Waals surface area contributed by atoms with Crippen molar-refractivity contribution in [2.24, 2.45) is 4.99 Å². The van der Waals surface area contributed by atoms with Gasteiger partial charge in [0.1, 0.15) is 12.3 Å². The zero-order valence-corrected chi connectivity index (χ0v) is 15.7. The molecule has 0 radical (unpaired) electrons. The van der Waals surface area contributed by atoms with E-state index < -0.39 is 0 Å². The molecular formula is C15H25IN4O3. The number of rotatable bonds is 7. The van der Waals surface area contributed by atoms with E-state index in [4.69, 9.17) is 9.15 Å². The zero-order chi connectivity index (χ0) is 15.6. The van der Waals surface area contributed by atoms with Crippen LogP contribution in [-0.2, 0) is 16.1 Å². The summed E-state index contributed by atoms with van der Waals surface area (Å²) >= 11 is 0. The topological polar surface area (TPSA) is 87.9 Å². The first-order valence-electron chi connectivity index (χ1n) is 7.70. The molecule has 0 saturated carbocycles. The van der Waals surface area contributed by atoms with Crippen molar-refractivity contribution in [2.75, 3.05) is 26.2 Å². The molecule has 1 atom stereocenters. The molecule has 130 valence electrons. The third-order valence-electron chi connectivity index (χ3n) is 3.29. The predicted octanol–water partition coefficient (Wildman–Crippen LogP) is 1.25. The summed E-state index contributed by atoms with van der Waals surface area (Å²) in [6.07, 6.45) is 3.99. The lowest BCUT2D eigenvalue weighted by molar-refractivity contribution is -0.119. The number of carbonyl (C=O) groups is 1. The van der Waals surface area contributed by atoms with Gasteiger partial charge in [0.15, 0.2) is 5.96 Å². The van der Waals surface area contributed by atoms with Crippen LogP contribution in [0.25, 0.3) is 0 Å². The Bertz CT molecular complexity index is 473. The first-order chi connectivity index (χ1) is 10.8. The molecule has 23 heavy (non-hydrogen) atoms. The summed E-state index contributed by atoms with van der Waals surface area (Å²) in [7, 11) is 0. The van der Waals surface area contributed by atoms with Gasteiger partial charge in [-0.15, -0.1) is 24.0 Å². The van der Waals surface area contributed by atoms with E-state index in [0.717, 1.165) is 31.8 Å². The lowest BCUT2D eigenvalue weighted by atomic mass is 10.2. The maximum atomic E-state index is 11.8. The number of hydrogen-bond donors (Lipinski definition) is 3. The van der Waals surface area contributed by atoms with Gasteiger partial charge in [-0.2, -0.15) is 0 Å². The Kier molecular flexibility index (Phi) is 9.69. The summed E-state index contributed by atoms with van der Waals surface area (Å²) in [4.78, 5) is 16.0. The number of carbonyl (C=O) groups excluding carboxylic acids is 1. The monoisotopic (exact) mass is 436 g/mol. The van der Waals surface area contributed by atoms with Crippen molar-refractivity contribution in [2.45, 2.75) is 32.4 Å². The highest BCUT2D eigenvalue weighted by Gasteiger charge is 2.15. The highest BCUT2D eigenvalue weighted by atomic mass is 127. The zero-order valence-electron chi connectivity index (χ0n) is 13.3. The average Bonchev–Trinajstić information content (AvgIpc) is 3.21. The van der Waals surface area contributed by atoms with Gasteiger partial charge < -0.3 is 25.1 Å². The molecule has 0 aromatic carbocycles. The fourth-order valence-electron chi connectivity index (χ4n) is 2.16. The summed E-state index contributed by atoms with van der Waals surface area (Å²) < 4.78 is 10.7. The summed E-state index contributed by atoms with van der Waals surface area (Å²) in [5.41, 5.74) is 0. The second kappa shape index (κ2) is 11.3. The Hall–Kier alpha value is -1.29. The van der Waals surface area contributed by atoms with Gasteiger partial charge in [0.2, 0.25) is 5.91 Å². The second-order valence-corrected chi connectivity index (χ2v) is 5.07. The van der Waals surface area contributed by atoms with Gasteiger partial charge in [-0.3, -0.25) is 4.79 Å². The molecule has 7 nitrogen and oxygen atoms in total. The highest BCUT2D eigenvalue weighted by Crippen LogP contribution is 2.10. The second-order valence-electron chi connectivity index (χ2n) is 5.07. The van der Waals surface area contributed by atoms with Gasteiger partial charge in [0, 0.05) is 19.7 Å². The molecule has 1 amide bonds. The number of amides is 1. The number of furan rings is 1. The average molecular weight is 436 g/mol. The van der Waals surface area contributed by atoms with Gasteiger partial charge in [0.25, 0.3) is 0 Å². The van der Waals surface area contributed by atoms with E-state index >= 15 is 0 Å². The third-order valence-corrected chi connectivity index (χ3v) is 3.29. The number of hydrogen-bond acceptors (Lipinski definition) is 4. The number of nitrogens with one attached hydrogen (secondary N) is 3. The molecule has 1 saturated heterocycles. The van der Waals surface area contributed by atoms with E-state index in [0.29, 0.717) is 19.0 Å². The number of aliphatic imine (C=N–C) groups is 1. The standard InChI is InChI=1S/C15H24N4O3.HI/c1-2-16-15(18-10-13-6-4-8-22-13)19-11-14(20)17-9-12-5-3-7-21-12;/h3,5,7,13H,2,4,6,8-11H2,1H3,(H,17,20)(H2,16,18,19);1H. The Balaban J connectivity index is 0.00000264. The van der Waals surface area contributed by atoms with Crippen molar-refractivity contribution < 1.29 is 13.9 Å². The van der Waals surface area contributed by atoms with Crippen molar-refractivity contribution in [3.8, 4) is 0 Å². The molecule has 1 aliphatic heterocycles. The first-order valence-corrected chi connectivity index (χ1v) is 7.70. The number of halogens is 1. The Labute approximate surface area is 153 Å². The maximum Gasteiger partial charge on any atom is 0.242 e. The van der Waals surface area contributed by atoms with Gasteiger partial charge in [-0.1, -0.05) is 0 Å². The van der Waals surface area contributed by atoms with E-state index in [-0.39, 0.29) is 42.5 Å². The fraction of sp³-hybridized carbons (Fsp3) is 0.600. The molecule has 0 bridgehead atoms. The van der Waals surface area contributed by atoms with E-state index in [1.54, 1.807) is 12.3 Å². The Morgan fingerprint density at radius 2 is 2.26 bits per heavy atom. The van der Waals surface area contributed by atoms with Crippen LogP contribution in [0.2, 0.25) is 0 Å². The van der Waals surface area contributed by atoms with E-state index in [2.05, 4.69) is 20.9 Å². The van der Waals surface area contributed by atoms with Gasteiger partial charge in [-0.05, 0) is 31.9 Å². The molecule has 1 fully saturated rings. The lowest BCUT2D eigenvalue weighted by Crippen LogP contribution is -2.41.